The molecule has 110 valence electrons. The third kappa shape index (κ3) is 3.43. The first-order valence-electron chi connectivity index (χ1n) is 6.65. The van der Waals surface area contributed by atoms with E-state index in [-0.39, 0.29) is 17.4 Å². The molecule has 5 heteroatoms. The lowest BCUT2D eigenvalue weighted by atomic mass is 10.2. The largest absolute Gasteiger partial charge is 0.431 e. The molecule has 0 amide bonds. The van der Waals surface area contributed by atoms with E-state index < -0.39 is 0 Å². The summed E-state index contributed by atoms with van der Waals surface area (Å²) in [6.45, 7) is 0. The Bertz CT molecular complexity index is 769. The summed E-state index contributed by atoms with van der Waals surface area (Å²) in [5, 5.41) is 0.420. The van der Waals surface area contributed by atoms with Crippen molar-refractivity contribution >= 4 is 17.5 Å². The molecule has 0 fully saturated rings. The molecule has 0 spiro atoms. The summed E-state index contributed by atoms with van der Waals surface area (Å²) < 4.78 is 18.5. The summed E-state index contributed by atoms with van der Waals surface area (Å²) in [4.78, 5) is 16.1. The minimum Gasteiger partial charge on any atom is -0.431 e. The van der Waals surface area contributed by atoms with Gasteiger partial charge in [0, 0.05) is 11.1 Å². The van der Waals surface area contributed by atoms with Gasteiger partial charge >= 0.3 is 0 Å². The van der Waals surface area contributed by atoms with Crippen molar-refractivity contribution in [1.82, 2.24) is 4.98 Å². The molecule has 0 saturated carbocycles. The van der Waals surface area contributed by atoms with E-state index >= 15 is 0 Å². The van der Waals surface area contributed by atoms with Crippen molar-refractivity contribution in [2.75, 3.05) is 5.75 Å². The predicted molar refractivity (Wildman–Crippen MR) is 83.4 cm³/mol. The summed E-state index contributed by atoms with van der Waals surface area (Å²) in [5.41, 5.74) is 1.41. The van der Waals surface area contributed by atoms with Crippen molar-refractivity contribution in [1.29, 1.82) is 0 Å². The molecule has 0 unspecified atom stereocenters. The lowest BCUT2D eigenvalue weighted by Crippen LogP contribution is -2.01. The summed E-state index contributed by atoms with van der Waals surface area (Å²) in [6.07, 6.45) is 1.57. The van der Waals surface area contributed by atoms with Gasteiger partial charge < -0.3 is 4.42 Å². The van der Waals surface area contributed by atoms with Crippen LogP contribution < -0.4 is 0 Å². The van der Waals surface area contributed by atoms with E-state index in [4.69, 9.17) is 4.42 Å². The van der Waals surface area contributed by atoms with Crippen LogP contribution in [-0.2, 0) is 0 Å². The van der Waals surface area contributed by atoms with Crippen molar-refractivity contribution < 1.29 is 13.6 Å². The van der Waals surface area contributed by atoms with Gasteiger partial charge in [-0.1, -0.05) is 42.1 Å². The van der Waals surface area contributed by atoms with Gasteiger partial charge in [0.2, 0.25) is 0 Å². The van der Waals surface area contributed by atoms with Gasteiger partial charge in [0.05, 0.1) is 11.9 Å². The number of halogens is 1. The van der Waals surface area contributed by atoms with E-state index in [2.05, 4.69) is 4.98 Å². The molecule has 0 radical (unpaired) electrons. The highest BCUT2D eigenvalue weighted by molar-refractivity contribution is 7.99. The minimum atomic E-state index is -0.300. The van der Waals surface area contributed by atoms with Gasteiger partial charge in [0.25, 0.3) is 5.22 Å². The number of thioether (sulfide) groups is 1. The first-order chi connectivity index (χ1) is 10.7. The number of Topliss-reactive ketones (excluding diaryl/α,β-unsaturated/α-hetero) is 1. The maximum Gasteiger partial charge on any atom is 0.256 e. The standard InChI is InChI=1S/C17H12FNO2S/c18-14-8-6-13(7-9-14)16-10-19-17(21-16)22-11-15(20)12-4-2-1-3-5-12/h1-10H,11H2. The Kier molecular flexibility index (Phi) is 4.34. The van der Waals surface area contributed by atoms with Crippen molar-refractivity contribution in [2.24, 2.45) is 0 Å². The normalized spacial score (nSPS) is 10.6. The average molecular weight is 313 g/mol. The van der Waals surface area contributed by atoms with Crippen LogP contribution >= 0.6 is 11.8 Å². The smallest absolute Gasteiger partial charge is 0.256 e. The average Bonchev–Trinajstić information content (AvgIpc) is 3.03. The van der Waals surface area contributed by atoms with Crippen LogP contribution in [0.5, 0.6) is 0 Å². The zero-order chi connectivity index (χ0) is 15.4. The lowest BCUT2D eigenvalue weighted by Gasteiger charge is -1.98. The van der Waals surface area contributed by atoms with Gasteiger partial charge in [-0.05, 0) is 24.3 Å². The molecule has 0 bridgehead atoms. The van der Waals surface area contributed by atoms with Gasteiger partial charge in [-0.25, -0.2) is 9.37 Å². The van der Waals surface area contributed by atoms with Crippen LogP contribution in [0.4, 0.5) is 4.39 Å². The van der Waals surface area contributed by atoms with Gasteiger partial charge in [-0.3, -0.25) is 4.79 Å². The van der Waals surface area contributed by atoms with Gasteiger partial charge in [0.15, 0.2) is 11.5 Å². The zero-order valence-corrected chi connectivity index (χ0v) is 12.3. The van der Waals surface area contributed by atoms with E-state index in [1.807, 2.05) is 18.2 Å². The van der Waals surface area contributed by atoms with Crippen molar-refractivity contribution in [3.05, 3.63) is 72.2 Å². The Morgan fingerprint density at radius 2 is 1.82 bits per heavy atom. The second-order valence-corrected chi connectivity index (χ2v) is 5.50. The highest BCUT2D eigenvalue weighted by Gasteiger charge is 2.11. The van der Waals surface area contributed by atoms with E-state index in [0.29, 0.717) is 16.5 Å². The highest BCUT2D eigenvalue weighted by Crippen LogP contribution is 2.26. The number of oxazole rings is 1. The second kappa shape index (κ2) is 6.58. The quantitative estimate of drug-likeness (QED) is 0.515. The summed E-state index contributed by atoms with van der Waals surface area (Å²) in [6, 6.07) is 15.1. The molecule has 22 heavy (non-hydrogen) atoms. The van der Waals surface area contributed by atoms with Crippen LogP contribution in [0.1, 0.15) is 10.4 Å². The van der Waals surface area contributed by atoms with Crippen LogP contribution in [0, 0.1) is 5.82 Å². The summed E-state index contributed by atoms with van der Waals surface area (Å²) in [5.74, 6) is 0.529. The number of carbonyl (C=O) groups is 1. The first-order valence-corrected chi connectivity index (χ1v) is 7.64. The Balaban J connectivity index is 1.65. The highest BCUT2D eigenvalue weighted by atomic mass is 32.2. The van der Waals surface area contributed by atoms with Crippen LogP contribution in [-0.4, -0.2) is 16.5 Å². The number of carbonyl (C=O) groups excluding carboxylic acids is 1. The Labute approximate surface area is 131 Å². The maximum atomic E-state index is 12.9. The zero-order valence-electron chi connectivity index (χ0n) is 11.5. The van der Waals surface area contributed by atoms with Crippen LogP contribution in [0.2, 0.25) is 0 Å². The molecule has 3 aromatic rings. The number of benzene rings is 2. The monoisotopic (exact) mass is 313 g/mol. The molecule has 0 N–H and O–H groups in total. The van der Waals surface area contributed by atoms with E-state index in [1.165, 1.54) is 23.9 Å². The number of rotatable bonds is 5. The molecule has 3 rings (SSSR count). The number of hydrogen-bond acceptors (Lipinski definition) is 4. The lowest BCUT2D eigenvalue weighted by molar-refractivity contribution is 0.102. The molecule has 2 aromatic carbocycles. The number of hydrogen-bond donors (Lipinski definition) is 0. The van der Waals surface area contributed by atoms with E-state index in [1.54, 1.807) is 30.5 Å². The SMILES string of the molecule is O=C(CSc1ncc(-c2ccc(F)cc2)o1)c1ccccc1. The van der Waals surface area contributed by atoms with Crippen LogP contribution in [0.3, 0.4) is 0 Å². The van der Waals surface area contributed by atoms with Gasteiger partial charge in [-0.2, -0.15) is 0 Å². The van der Waals surface area contributed by atoms with Crippen LogP contribution in [0.15, 0.2) is 70.4 Å². The first kappa shape index (κ1) is 14.5. The molecule has 0 atom stereocenters. The molecule has 0 aliphatic rings. The van der Waals surface area contributed by atoms with Crippen molar-refractivity contribution in [3.63, 3.8) is 0 Å². The van der Waals surface area contributed by atoms with E-state index in [9.17, 15) is 9.18 Å². The number of aromatic nitrogens is 1. The second-order valence-electron chi connectivity index (χ2n) is 4.58. The van der Waals surface area contributed by atoms with Gasteiger partial charge in [0.1, 0.15) is 5.82 Å². The fraction of sp³-hybridized carbons (Fsp3) is 0.0588. The molecule has 0 aliphatic heterocycles. The van der Waals surface area contributed by atoms with Crippen molar-refractivity contribution in [2.45, 2.75) is 5.22 Å². The Hall–Kier alpha value is -2.40. The molecule has 3 nitrogen and oxygen atoms in total. The molecule has 0 saturated heterocycles. The fourth-order valence-corrected chi connectivity index (χ4v) is 2.60. The minimum absolute atomic E-state index is 0.0205. The Morgan fingerprint density at radius 3 is 2.55 bits per heavy atom. The predicted octanol–water partition coefficient (Wildman–Crippen LogP) is 4.46. The summed E-state index contributed by atoms with van der Waals surface area (Å²) >= 11 is 1.24. The molecular weight excluding hydrogens is 301 g/mol. The third-order valence-corrected chi connectivity index (χ3v) is 3.88. The molecule has 1 heterocycles. The van der Waals surface area contributed by atoms with Crippen molar-refractivity contribution in [3.8, 4) is 11.3 Å². The summed E-state index contributed by atoms with van der Waals surface area (Å²) in [7, 11) is 0. The third-order valence-electron chi connectivity index (χ3n) is 3.04. The van der Waals surface area contributed by atoms with Crippen LogP contribution in [0.25, 0.3) is 11.3 Å². The topological polar surface area (TPSA) is 43.1 Å². The Morgan fingerprint density at radius 1 is 1.09 bits per heavy atom. The molecule has 0 aliphatic carbocycles. The van der Waals surface area contributed by atoms with Gasteiger partial charge in [-0.15, -0.1) is 0 Å². The maximum absolute atomic E-state index is 12.9. The number of nitrogens with zero attached hydrogens (tertiary/aromatic N) is 1. The number of ketones is 1. The molecule has 1 aromatic heterocycles. The van der Waals surface area contributed by atoms with E-state index in [0.717, 1.165) is 5.56 Å². The fourth-order valence-electron chi connectivity index (χ4n) is 1.91. The molecular formula is C17H12FNO2S.